The molecular weight excluding hydrogens is 290 g/mol. The summed E-state index contributed by atoms with van der Waals surface area (Å²) in [6.45, 7) is 1.20. The fourth-order valence-electron chi connectivity index (χ4n) is 2.68. The van der Waals surface area contributed by atoms with Gasteiger partial charge < -0.3 is 25.8 Å². The number of aromatic hydroxyl groups is 1. The zero-order valence-corrected chi connectivity index (χ0v) is 11.7. The number of aliphatic hydroxyl groups excluding tert-OH is 2. The van der Waals surface area contributed by atoms with Crippen molar-refractivity contribution in [1.82, 2.24) is 19.5 Å². The molecule has 0 spiro atoms. The number of imidazole rings is 1. The predicted molar refractivity (Wildman–Crippen MR) is 75.3 cm³/mol. The highest BCUT2D eigenvalue weighted by Crippen LogP contribution is 2.42. The zero-order chi connectivity index (χ0) is 16.1. The van der Waals surface area contributed by atoms with Crippen LogP contribution in [0.5, 0.6) is 5.88 Å². The third-order valence-corrected chi connectivity index (χ3v) is 3.93. The Morgan fingerprint density at radius 1 is 1.55 bits per heavy atom. The van der Waals surface area contributed by atoms with E-state index in [-0.39, 0.29) is 23.0 Å². The Morgan fingerprint density at radius 2 is 2.27 bits per heavy atom. The van der Waals surface area contributed by atoms with Crippen molar-refractivity contribution in [1.29, 1.82) is 0 Å². The second kappa shape index (κ2) is 4.81. The summed E-state index contributed by atoms with van der Waals surface area (Å²) in [4.78, 5) is 11.7. The van der Waals surface area contributed by atoms with Crippen molar-refractivity contribution in [3.63, 3.8) is 0 Å². The van der Waals surface area contributed by atoms with Gasteiger partial charge in [0, 0.05) is 5.92 Å². The molecule has 3 heterocycles. The lowest BCUT2D eigenvalue weighted by Crippen LogP contribution is -2.43. The van der Waals surface area contributed by atoms with E-state index < -0.39 is 30.5 Å². The number of nitrogens with two attached hydrogens (primary N) is 1. The van der Waals surface area contributed by atoms with Crippen LogP contribution >= 0.6 is 0 Å². The SMILES string of the molecule is C#C[C@]1(CO)O[C@@H](n2cnc3c(O)nc(N)nc32)[C@H](C)[C@@H]1O. The number of fused-ring (bicyclic) bond motifs is 1. The van der Waals surface area contributed by atoms with Crippen LogP contribution in [0.25, 0.3) is 11.2 Å². The average molecular weight is 305 g/mol. The van der Waals surface area contributed by atoms with Crippen molar-refractivity contribution < 1.29 is 20.1 Å². The molecule has 0 aromatic carbocycles. The Kier molecular flexibility index (Phi) is 3.17. The summed E-state index contributed by atoms with van der Waals surface area (Å²) in [5.74, 6) is 1.39. The van der Waals surface area contributed by atoms with E-state index in [1.165, 1.54) is 10.9 Å². The van der Waals surface area contributed by atoms with E-state index >= 15 is 0 Å². The summed E-state index contributed by atoms with van der Waals surface area (Å²) >= 11 is 0. The fraction of sp³-hybridized carbons (Fsp3) is 0.462. The van der Waals surface area contributed by atoms with Crippen molar-refractivity contribution in [3.8, 4) is 18.2 Å². The van der Waals surface area contributed by atoms with Crippen LogP contribution in [0, 0.1) is 18.3 Å². The second-order valence-electron chi connectivity index (χ2n) is 5.23. The Bertz CT molecular complexity index is 770. The summed E-state index contributed by atoms with van der Waals surface area (Å²) < 4.78 is 7.20. The summed E-state index contributed by atoms with van der Waals surface area (Å²) in [6.07, 6.45) is 4.99. The molecule has 1 saturated heterocycles. The lowest BCUT2D eigenvalue weighted by molar-refractivity contribution is -0.0896. The number of hydrogen-bond donors (Lipinski definition) is 4. The van der Waals surface area contributed by atoms with E-state index in [0.717, 1.165) is 0 Å². The van der Waals surface area contributed by atoms with Crippen molar-refractivity contribution >= 4 is 17.1 Å². The van der Waals surface area contributed by atoms with Crippen LogP contribution in [0.1, 0.15) is 13.2 Å². The Labute approximate surface area is 125 Å². The minimum atomic E-state index is -1.50. The van der Waals surface area contributed by atoms with E-state index in [4.69, 9.17) is 16.9 Å². The smallest absolute Gasteiger partial charge is 0.244 e. The molecule has 4 atom stereocenters. The standard InChI is InChI=1S/C13H15N5O4/c1-3-13(4-19)8(20)6(2)11(22-13)18-5-15-7-9(18)16-12(14)17-10(7)21/h1,5-6,8,11,19-20H,4H2,2H3,(H3,14,16,17,21)/t6-,8+,11-,13-/m1/s1. The minimum absolute atomic E-state index is 0.122. The molecule has 9 nitrogen and oxygen atoms in total. The number of aliphatic hydroxyl groups is 2. The molecule has 0 bridgehead atoms. The molecule has 0 amide bonds. The van der Waals surface area contributed by atoms with E-state index in [2.05, 4.69) is 20.9 Å². The van der Waals surface area contributed by atoms with Gasteiger partial charge in [0.25, 0.3) is 0 Å². The van der Waals surface area contributed by atoms with Gasteiger partial charge in [-0.15, -0.1) is 6.42 Å². The molecular formula is C13H15N5O4. The number of nitrogens with zero attached hydrogens (tertiary/aromatic N) is 4. The first-order chi connectivity index (χ1) is 10.4. The summed E-state index contributed by atoms with van der Waals surface area (Å²) in [7, 11) is 0. The molecule has 9 heteroatoms. The lowest BCUT2D eigenvalue weighted by atomic mass is 9.92. The molecule has 0 saturated carbocycles. The predicted octanol–water partition coefficient (Wildman–Crippen LogP) is -0.996. The van der Waals surface area contributed by atoms with E-state index in [1.807, 2.05) is 0 Å². The number of rotatable bonds is 2. The van der Waals surface area contributed by atoms with Crippen LogP contribution in [0.3, 0.4) is 0 Å². The van der Waals surface area contributed by atoms with Gasteiger partial charge in [-0.1, -0.05) is 12.8 Å². The highest BCUT2D eigenvalue weighted by atomic mass is 16.6. The van der Waals surface area contributed by atoms with Gasteiger partial charge in [0.15, 0.2) is 16.8 Å². The average Bonchev–Trinajstić information content (AvgIpc) is 3.01. The topological polar surface area (TPSA) is 140 Å². The number of hydrogen-bond acceptors (Lipinski definition) is 8. The molecule has 22 heavy (non-hydrogen) atoms. The van der Waals surface area contributed by atoms with Gasteiger partial charge in [-0.2, -0.15) is 9.97 Å². The molecule has 0 radical (unpaired) electrons. The van der Waals surface area contributed by atoms with E-state index in [0.29, 0.717) is 0 Å². The van der Waals surface area contributed by atoms with Crippen LogP contribution in [0.15, 0.2) is 6.33 Å². The lowest BCUT2D eigenvalue weighted by Gasteiger charge is -2.23. The molecule has 0 aliphatic carbocycles. The second-order valence-corrected chi connectivity index (χ2v) is 5.23. The molecule has 2 aromatic rings. The van der Waals surface area contributed by atoms with Crippen LogP contribution in [0.2, 0.25) is 0 Å². The fourth-order valence-corrected chi connectivity index (χ4v) is 2.68. The number of nitrogen functional groups attached to an aromatic ring is 1. The van der Waals surface area contributed by atoms with Crippen molar-refractivity contribution in [2.45, 2.75) is 24.9 Å². The molecule has 1 fully saturated rings. The van der Waals surface area contributed by atoms with Gasteiger partial charge in [0.1, 0.15) is 12.3 Å². The highest BCUT2D eigenvalue weighted by Gasteiger charge is 2.52. The van der Waals surface area contributed by atoms with Crippen molar-refractivity contribution in [2.24, 2.45) is 5.92 Å². The first kappa shape index (κ1) is 14.5. The normalized spacial score (nSPS) is 31.5. The Morgan fingerprint density at radius 3 is 2.86 bits per heavy atom. The molecule has 1 aliphatic rings. The van der Waals surface area contributed by atoms with Crippen molar-refractivity contribution in [2.75, 3.05) is 12.3 Å². The van der Waals surface area contributed by atoms with E-state index in [9.17, 15) is 15.3 Å². The number of aromatic nitrogens is 4. The van der Waals surface area contributed by atoms with Crippen LogP contribution in [-0.4, -0.2) is 53.2 Å². The molecule has 0 unspecified atom stereocenters. The molecule has 5 N–H and O–H groups in total. The first-order valence-corrected chi connectivity index (χ1v) is 6.57. The monoisotopic (exact) mass is 305 g/mol. The maximum atomic E-state index is 10.3. The number of ether oxygens (including phenoxy) is 1. The highest BCUT2D eigenvalue weighted by molar-refractivity contribution is 5.77. The first-order valence-electron chi connectivity index (χ1n) is 6.57. The zero-order valence-electron chi connectivity index (χ0n) is 11.7. The molecule has 3 rings (SSSR count). The van der Waals surface area contributed by atoms with Crippen LogP contribution in [-0.2, 0) is 4.74 Å². The largest absolute Gasteiger partial charge is 0.492 e. The summed E-state index contributed by atoms with van der Waals surface area (Å²) in [5, 5.41) is 29.5. The van der Waals surface area contributed by atoms with Crippen molar-refractivity contribution in [3.05, 3.63) is 6.33 Å². The third-order valence-electron chi connectivity index (χ3n) is 3.93. The van der Waals surface area contributed by atoms with Gasteiger partial charge in [-0.3, -0.25) is 4.57 Å². The van der Waals surface area contributed by atoms with Gasteiger partial charge >= 0.3 is 0 Å². The molecule has 1 aliphatic heterocycles. The maximum Gasteiger partial charge on any atom is 0.244 e. The van der Waals surface area contributed by atoms with Gasteiger partial charge in [-0.25, -0.2) is 4.98 Å². The van der Waals surface area contributed by atoms with Gasteiger partial charge in [0.05, 0.1) is 12.9 Å². The van der Waals surface area contributed by atoms with Gasteiger partial charge in [0.2, 0.25) is 11.8 Å². The summed E-state index contributed by atoms with van der Waals surface area (Å²) in [5.41, 5.74) is 4.44. The quantitative estimate of drug-likeness (QED) is 0.518. The molecule has 116 valence electrons. The Hall–Kier alpha value is -2.41. The maximum absolute atomic E-state index is 10.3. The third kappa shape index (κ3) is 1.82. The van der Waals surface area contributed by atoms with Gasteiger partial charge in [-0.05, 0) is 0 Å². The Balaban J connectivity index is 2.11. The number of terminal acetylenes is 1. The molecule has 2 aromatic heterocycles. The van der Waals surface area contributed by atoms with Crippen LogP contribution in [0.4, 0.5) is 5.95 Å². The summed E-state index contributed by atoms with van der Waals surface area (Å²) in [6, 6.07) is 0. The van der Waals surface area contributed by atoms with E-state index in [1.54, 1.807) is 6.92 Å². The van der Waals surface area contributed by atoms with Crippen LogP contribution < -0.4 is 5.73 Å². The minimum Gasteiger partial charge on any atom is -0.492 e. The number of anilines is 1.